The third kappa shape index (κ3) is 23.9. The fraction of sp³-hybridized carbons (Fsp3) is 0.542. The molecule has 0 bridgehead atoms. The topological polar surface area (TPSA) is 407 Å². The normalized spacial score (nSPS) is 20.0. The molecule has 0 aliphatic carbocycles. The second kappa shape index (κ2) is 42.1. The van der Waals surface area contributed by atoms with Gasteiger partial charge in [0.1, 0.15) is 71.0 Å². The molecule has 4 aromatic heterocycles. The van der Waals surface area contributed by atoms with Crippen LogP contribution in [0.1, 0.15) is 198 Å². The number of H-pyrrole nitrogens is 4. The molecule has 0 unspecified atom stereocenters. The number of nitrogens with two attached hydrogens (primary N) is 2. The van der Waals surface area contributed by atoms with Gasteiger partial charge in [-0.1, -0.05) is 35.1 Å². The fourth-order valence-electron chi connectivity index (χ4n) is 18.2. The summed E-state index contributed by atoms with van der Waals surface area (Å²) in [6.45, 7) is 26.1. The summed E-state index contributed by atoms with van der Waals surface area (Å²) in [4.78, 5) is 181. The average molecular weight is 1830 g/mol. The zero-order chi connectivity index (χ0) is 95.3. The average Bonchev–Trinajstić information content (AvgIpc) is 1.59. The molecular formula is C96H127F4N13O18. The number of carbonyl (C=O) groups excluding carboxylic acids is 12. The van der Waals surface area contributed by atoms with Gasteiger partial charge in [0, 0.05) is 148 Å². The lowest BCUT2D eigenvalue weighted by Gasteiger charge is -2.31. The van der Waals surface area contributed by atoms with Crippen LogP contribution < -0.4 is 16.8 Å². The Hall–Kier alpha value is -11.9. The monoisotopic (exact) mass is 1830 g/mol. The molecule has 0 saturated carbocycles. The highest BCUT2D eigenvalue weighted by molar-refractivity contribution is 6.00. The Bertz CT molecular complexity index is 5260. The number of aromatic amines is 4. The van der Waals surface area contributed by atoms with E-state index in [-0.39, 0.29) is 102 Å². The molecule has 9 N–H and O–H groups in total. The Labute approximate surface area is 760 Å². The molecule has 712 valence electrons. The zero-order valence-electron chi connectivity index (χ0n) is 77.2. The van der Waals surface area contributed by atoms with Crippen LogP contribution in [0, 0.1) is 29.2 Å². The summed E-state index contributed by atoms with van der Waals surface area (Å²) in [5, 5.41) is 5.45. The first-order valence-corrected chi connectivity index (χ1v) is 44.5. The lowest BCUT2D eigenvalue weighted by Crippen LogP contribution is -2.55. The van der Waals surface area contributed by atoms with Crippen LogP contribution in [0.2, 0.25) is 0 Å². The molecule has 14 atom stereocenters. The van der Waals surface area contributed by atoms with Crippen LogP contribution in [0.4, 0.5) is 27.2 Å². The standard InChI is InChI=1S/C57H77F2N7O12.C38H46F2N6O6.CH4/c1-15-34(21-48(69)30(3)63(13)54(73)77-56(7,8)9)52(71)65-28-39(75-32(5)67)24-37(65)26-43-41-19-17-35(58)22-46(41)60-49(43)50-44(42-20-18-36(59)23-47(42)61-50)27-38-25-40(76-33(6)68)29-66(38)53(72)45(16-2)62-51(70)31(4)64(14)55(74)78-57(10,11)12;1-5-31(41)37(49)45-17-25(51-19(3)47)13-23(45)15-29-27-9-7-21(39)11-33(27)43-35(29)36-30(28-10-8-22(40)12-34(28)44-36)16-24-14-26(52-20(4)48)18-46(24)38(50)32(42)6-2;/h17-20,22-23,30-31,34,37-40,45,60-61H,15-16,21,24-29H2,1-14H3,(H,62,70);7-12,23-26,31-32,43-44H,5-6,13-18,41-42H2,1-4H3;1H4/t30-,31-,34+,37-,38-,39-,40-,45-;23-,24-,25-,26-,31-,32-;/m00./s1. The predicted octanol–water partition coefficient (Wildman–Crippen LogP) is 13.0. The van der Waals surface area contributed by atoms with Gasteiger partial charge in [-0.2, -0.15) is 0 Å². The number of ether oxygens (including phenoxy) is 6. The number of likely N-dealkylation sites (tertiary alicyclic amines) is 4. The number of fused-ring (bicyclic) bond motifs is 4. The van der Waals surface area contributed by atoms with Crippen LogP contribution in [0.5, 0.6) is 0 Å². The van der Waals surface area contributed by atoms with E-state index >= 15 is 8.78 Å². The van der Waals surface area contributed by atoms with E-state index in [1.807, 2.05) is 13.8 Å². The SMILES string of the molecule is C.CC[C@H](CC(=O)[C@H](C)N(C)C(=O)OC(C)(C)C)C(=O)N1C[C@@H](OC(C)=O)C[C@H]1Cc1c(-c2[nH]c3cc(F)ccc3c2C[C@@H]2C[C@H](OC(C)=O)CN2C(=O)[C@H](CC)NC(=O)[C@H](C)N(C)C(=O)OC(C)(C)C)[nH]c2cc(F)ccc12.CC[C@H](N)C(=O)N1C[C@@H](OC(C)=O)C[C@H]1Cc1c(-c2[nH]c3cc(F)ccc3c2C[C@@H]2C[C@H](OC(C)=O)CN2C(=O)[C@@H](N)CC)[nH]c2cc(F)ccc12. The maximum absolute atomic E-state index is 15.2. The number of esters is 4. The summed E-state index contributed by atoms with van der Waals surface area (Å²) in [5.74, 6) is -7.06. The van der Waals surface area contributed by atoms with Crippen molar-refractivity contribution in [2.24, 2.45) is 17.4 Å². The number of hydrogen-bond acceptors (Lipinski definition) is 20. The molecule has 8 heterocycles. The van der Waals surface area contributed by atoms with E-state index in [9.17, 15) is 66.3 Å². The number of amides is 7. The number of Topliss-reactive ketones (excluding diaryl/α,β-unsaturated/α-hetero) is 1. The van der Waals surface area contributed by atoms with Gasteiger partial charge in [0.15, 0.2) is 5.78 Å². The highest BCUT2D eigenvalue weighted by Gasteiger charge is 2.47. The van der Waals surface area contributed by atoms with Gasteiger partial charge in [-0.3, -0.25) is 52.8 Å². The zero-order valence-corrected chi connectivity index (χ0v) is 77.2. The van der Waals surface area contributed by atoms with E-state index in [4.69, 9.17) is 39.9 Å². The molecule has 31 nitrogen and oxygen atoms in total. The summed E-state index contributed by atoms with van der Waals surface area (Å²) in [7, 11) is 2.89. The van der Waals surface area contributed by atoms with Crippen molar-refractivity contribution in [1.29, 1.82) is 0 Å². The number of carbonyl (C=O) groups is 12. The van der Waals surface area contributed by atoms with Gasteiger partial charge in [-0.05, 0) is 202 Å². The van der Waals surface area contributed by atoms with Gasteiger partial charge in [-0.25, -0.2) is 27.2 Å². The Kier molecular flexibility index (Phi) is 32.6. The molecule has 7 amide bonds. The molecule has 4 aromatic carbocycles. The van der Waals surface area contributed by atoms with Gasteiger partial charge in [0.2, 0.25) is 29.5 Å². The van der Waals surface area contributed by atoms with Crippen molar-refractivity contribution in [2.45, 2.75) is 292 Å². The molecule has 4 aliphatic heterocycles. The van der Waals surface area contributed by atoms with Gasteiger partial charge >= 0.3 is 36.1 Å². The Balaban J connectivity index is 0.000000291. The third-order valence-electron chi connectivity index (χ3n) is 24.9. The van der Waals surface area contributed by atoms with Gasteiger partial charge in [0.05, 0.1) is 67.1 Å². The molecule has 35 heteroatoms. The number of hydrogen-bond donors (Lipinski definition) is 7. The maximum atomic E-state index is 15.2. The number of benzene rings is 4. The maximum Gasteiger partial charge on any atom is 0.410 e. The molecule has 0 spiro atoms. The Morgan fingerprint density at radius 1 is 0.427 bits per heavy atom. The van der Waals surface area contributed by atoms with Gasteiger partial charge < -0.3 is 89.6 Å². The smallest absolute Gasteiger partial charge is 0.410 e. The van der Waals surface area contributed by atoms with Crippen molar-refractivity contribution in [3.8, 4) is 22.8 Å². The van der Waals surface area contributed by atoms with Crippen LogP contribution in [0.3, 0.4) is 0 Å². The summed E-state index contributed by atoms with van der Waals surface area (Å²) in [6.07, 6.45) is -0.793. The number of nitrogens with zero attached hydrogens (tertiary/aromatic N) is 6. The molecule has 12 rings (SSSR count). The molecular weight excluding hydrogens is 1700 g/mol. The first-order valence-electron chi connectivity index (χ1n) is 44.5. The number of nitrogens with one attached hydrogen (secondary N) is 5. The number of rotatable bonds is 29. The molecule has 4 fully saturated rings. The van der Waals surface area contributed by atoms with Crippen molar-refractivity contribution in [3.63, 3.8) is 0 Å². The minimum Gasteiger partial charge on any atom is -0.461 e. The number of likely N-dealkylation sites (N-methyl/N-ethyl adjacent to an activating group) is 2. The summed E-state index contributed by atoms with van der Waals surface area (Å²) in [6, 6.07) is 10.8. The Morgan fingerprint density at radius 3 is 0.962 bits per heavy atom. The third-order valence-corrected chi connectivity index (χ3v) is 24.9. The first-order chi connectivity index (χ1) is 61.2. The number of halogens is 4. The fourth-order valence-corrected chi connectivity index (χ4v) is 18.2. The second-order valence-electron chi connectivity index (χ2n) is 36.7. The van der Waals surface area contributed by atoms with E-state index in [2.05, 4.69) is 25.3 Å². The number of aromatic nitrogens is 4. The van der Waals surface area contributed by atoms with Crippen LogP contribution in [0.25, 0.3) is 66.4 Å². The Morgan fingerprint density at radius 2 is 0.702 bits per heavy atom. The van der Waals surface area contributed by atoms with E-state index < -0.39 is 167 Å². The van der Waals surface area contributed by atoms with Crippen LogP contribution >= 0.6 is 0 Å². The van der Waals surface area contributed by atoms with Crippen molar-refractivity contribution in [1.82, 2.24) is 54.7 Å². The van der Waals surface area contributed by atoms with E-state index in [0.29, 0.717) is 105 Å². The van der Waals surface area contributed by atoms with E-state index in [1.54, 1.807) is 106 Å². The van der Waals surface area contributed by atoms with Crippen molar-refractivity contribution in [3.05, 3.63) is 118 Å². The van der Waals surface area contributed by atoms with Crippen molar-refractivity contribution < 1.29 is 104 Å². The summed E-state index contributed by atoms with van der Waals surface area (Å²) < 4.78 is 93.2. The van der Waals surface area contributed by atoms with E-state index in [0.717, 1.165) is 26.8 Å². The highest BCUT2D eigenvalue weighted by atomic mass is 19.1. The largest absolute Gasteiger partial charge is 0.461 e. The molecule has 8 aromatic rings. The quantitative estimate of drug-likeness (QED) is 0.0130. The van der Waals surface area contributed by atoms with Crippen molar-refractivity contribution in [2.75, 3.05) is 40.3 Å². The molecule has 0 radical (unpaired) electrons. The van der Waals surface area contributed by atoms with Crippen LogP contribution in [-0.4, -0.2) is 251 Å². The van der Waals surface area contributed by atoms with Gasteiger partial charge in [0.25, 0.3) is 0 Å². The highest BCUT2D eigenvalue weighted by Crippen LogP contribution is 2.44. The molecule has 4 saturated heterocycles. The van der Waals surface area contributed by atoms with Crippen molar-refractivity contribution >= 4 is 115 Å². The number of ketones is 1. The van der Waals surface area contributed by atoms with Crippen LogP contribution in [0.15, 0.2) is 72.8 Å². The second-order valence-corrected chi connectivity index (χ2v) is 36.7. The summed E-state index contributed by atoms with van der Waals surface area (Å²) in [5.41, 5.74) is 17.6. The first kappa shape index (κ1) is 101. The molecule has 131 heavy (non-hydrogen) atoms. The van der Waals surface area contributed by atoms with Gasteiger partial charge in [-0.15, -0.1) is 0 Å². The lowest BCUT2D eigenvalue weighted by atomic mass is 9.93. The predicted molar refractivity (Wildman–Crippen MR) is 484 cm³/mol. The van der Waals surface area contributed by atoms with Crippen LogP contribution in [-0.2, 0) is 102 Å². The summed E-state index contributed by atoms with van der Waals surface area (Å²) >= 11 is 0. The minimum atomic E-state index is -1.06. The minimum absolute atomic E-state index is 0. The van der Waals surface area contributed by atoms with E-state index in [1.165, 1.54) is 102 Å². The lowest BCUT2D eigenvalue weighted by molar-refractivity contribution is -0.147. The molecule has 4 aliphatic rings.